The first-order valence-corrected chi connectivity index (χ1v) is 9.83. The van der Waals surface area contributed by atoms with Crippen LogP contribution in [0.3, 0.4) is 0 Å². The number of carbonyl (C=O) groups excluding carboxylic acids is 1. The largest absolute Gasteiger partial charge is 0.341 e. The normalized spacial score (nSPS) is 27.5. The smallest absolute Gasteiger partial charge is 0.241 e. The van der Waals surface area contributed by atoms with E-state index in [2.05, 4.69) is 33.2 Å². The van der Waals surface area contributed by atoms with Crippen molar-refractivity contribution in [2.24, 2.45) is 11.8 Å². The van der Waals surface area contributed by atoms with Gasteiger partial charge in [0.25, 0.3) is 0 Å². The van der Waals surface area contributed by atoms with Crippen molar-refractivity contribution in [1.29, 1.82) is 0 Å². The third-order valence-corrected chi connectivity index (χ3v) is 5.97. The number of amides is 1. The minimum absolute atomic E-state index is 0. The minimum Gasteiger partial charge on any atom is -0.341 e. The van der Waals surface area contributed by atoms with Crippen molar-refractivity contribution >= 4 is 29.9 Å². The molecule has 3 atom stereocenters. The molecule has 1 aromatic carbocycles. The van der Waals surface area contributed by atoms with Crippen molar-refractivity contribution < 1.29 is 4.79 Å². The number of nitrogens with zero attached hydrogens (tertiary/aromatic N) is 1. The van der Waals surface area contributed by atoms with Gasteiger partial charge >= 0.3 is 0 Å². The Labute approximate surface area is 166 Å². The minimum atomic E-state index is -0.109. The molecule has 144 valence electrons. The van der Waals surface area contributed by atoms with Gasteiger partial charge < -0.3 is 10.2 Å². The molecule has 4 rings (SSSR count). The molecule has 1 saturated carbocycles. The number of fused-ring (bicyclic) bond motifs is 1. The zero-order valence-corrected chi connectivity index (χ0v) is 16.5. The van der Waals surface area contributed by atoms with Gasteiger partial charge in [0.2, 0.25) is 5.91 Å². The lowest BCUT2D eigenvalue weighted by Crippen LogP contribution is -2.51. The van der Waals surface area contributed by atoms with E-state index in [0.29, 0.717) is 17.9 Å². The molecule has 26 heavy (non-hydrogen) atoms. The van der Waals surface area contributed by atoms with Crippen LogP contribution in [0.2, 0.25) is 5.02 Å². The van der Waals surface area contributed by atoms with Gasteiger partial charge in [0.05, 0.1) is 0 Å². The predicted molar refractivity (Wildman–Crippen MR) is 107 cm³/mol. The summed E-state index contributed by atoms with van der Waals surface area (Å²) in [6.07, 6.45) is 4.47. The van der Waals surface area contributed by atoms with Gasteiger partial charge in [0.1, 0.15) is 6.04 Å². The van der Waals surface area contributed by atoms with E-state index in [-0.39, 0.29) is 24.4 Å². The van der Waals surface area contributed by atoms with Crippen LogP contribution in [-0.4, -0.2) is 49.1 Å². The summed E-state index contributed by atoms with van der Waals surface area (Å²) in [5.74, 6) is 1.30. The summed E-state index contributed by atoms with van der Waals surface area (Å²) in [6, 6.07) is 8.25. The number of hydrogen-bond donors (Lipinski definition) is 3. The van der Waals surface area contributed by atoms with E-state index in [1.807, 2.05) is 12.1 Å². The van der Waals surface area contributed by atoms with E-state index >= 15 is 0 Å². The molecule has 3 N–H and O–H groups in total. The highest BCUT2D eigenvalue weighted by Crippen LogP contribution is 2.31. The van der Waals surface area contributed by atoms with Gasteiger partial charge in [-0.2, -0.15) is 0 Å². The fourth-order valence-electron chi connectivity index (χ4n) is 3.98. The summed E-state index contributed by atoms with van der Waals surface area (Å²) in [7, 11) is 0. The number of hydrazine groups is 1. The lowest BCUT2D eigenvalue weighted by Gasteiger charge is -2.31. The molecule has 3 fully saturated rings. The third-order valence-electron chi connectivity index (χ3n) is 5.72. The zero-order chi connectivity index (χ0) is 17.2. The topological polar surface area (TPSA) is 56.4 Å². The number of carbonyl (C=O) groups is 1. The number of rotatable bonds is 6. The fraction of sp³-hybridized carbons (Fsp3) is 0.632. The summed E-state index contributed by atoms with van der Waals surface area (Å²) in [5, 5.41) is 4.19. The van der Waals surface area contributed by atoms with Gasteiger partial charge in [0.15, 0.2) is 0 Å². The van der Waals surface area contributed by atoms with Gasteiger partial charge in [-0.1, -0.05) is 23.7 Å². The molecule has 3 aliphatic rings. The first-order chi connectivity index (χ1) is 12.2. The highest BCUT2D eigenvalue weighted by atomic mass is 35.5. The van der Waals surface area contributed by atoms with Gasteiger partial charge in [-0.05, 0) is 55.8 Å². The molecule has 1 aliphatic carbocycles. The zero-order valence-electron chi connectivity index (χ0n) is 14.9. The average molecular weight is 399 g/mol. The van der Waals surface area contributed by atoms with E-state index in [0.717, 1.165) is 44.0 Å². The van der Waals surface area contributed by atoms with Gasteiger partial charge in [0, 0.05) is 36.6 Å². The Morgan fingerprint density at radius 2 is 1.92 bits per heavy atom. The van der Waals surface area contributed by atoms with Crippen LogP contribution in [0.4, 0.5) is 0 Å². The molecule has 2 saturated heterocycles. The second kappa shape index (κ2) is 8.89. The summed E-state index contributed by atoms with van der Waals surface area (Å²) in [5.41, 5.74) is 7.85. The van der Waals surface area contributed by atoms with Crippen LogP contribution in [0, 0.1) is 11.8 Å². The molecule has 1 aromatic rings. The number of piperidine rings is 1. The quantitative estimate of drug-likeness (QED) is 0.685. The lowest BCUT2D eigenvalue weighted by molar-refractivity contribution is -0.134. The Morgan fingerprint density at radius 3 is 2.65 bits per heavy atom. The molecule has 7 heteroatoms. The maximum absolute atomic E-state index is 13.2. The second-order valence-corrected chi connectivity index (χ2v) is 8.07. The number of benzene rings is 1. The Bertz CT molecular complexity index is 608. The standard InChI is InChI=1S/C19H27ClN4O.ClH/c20-15-5-3-13(4-6-15)8-10-24(12-14-1-2-14)19(25)18-16-11-21-9-7-17(16)22-23-18;/h3-6,14,16-18,21-23H,1-2,7-12H2;1H. The highest BCUT2D eigenvalue weighted by molar-refractivity contribution is 6.30. The van der Waals surface area contributed by atoms with Crippen molar-refractivity contribution in [3.05, 3.63) is 34.9 Å². The van der Waals surface area contributed by atoms with Crippen molar-refractivity contribution in [3.8, 4) is 0 Å². The first-order valence-electron chi connectivity index (χ1n) is 9.46. The number of nitrogens with one attached hydrogen (secondary N) is 3. The maximum atomic E-state index is 13.2. The molecule has 0 radical (unpaired) electrons. The van der Waals surface area contributed by atoms with E-state index in [1.165, 1.54) is 18.4 Å². The van der Waals surface area contributed by atoms with E-state index < -0.39 is 0 Å². The highest BCUT2D eigenvalue weighted by Gasteiger charge is 2.43. The van der Waals surface area contributed by atoms with E-state index in [9.17, 15) is 4.79 Å². The fourth-order valence-corrected chi connectivity index (χ4v) is 4.10. The first kappa shape index (κ1) is 19.9. The Kier molecular flexibility index (Phi) is 6.81. The molecular formula is C19H28Cl2N4O. The lowest BCUT2D eigenvalue weighted by atomic mass is 9.88. The van der Waals surface area contributed by atoms with Crippen LogP contribution in [0.15, 0.2) is 24.3 Å². The Balaban J connectivity index is 0.00000196. The maximum Gasteiger partial charge on any atom is 0.241 e. The monoisotopic (exact) mass is 398 g/mol. The molecule has 0 spiro atoms. The van der Waals surface area contributed by atoms with Crippen LogP contribution < -0.4 is 16.2 Å². The van der Waals surface area contributed by atoms with Crippen molar-refractivity contribution in [1.82, 2.24) is 21.1 Å². The molecule has 2 aliphatic heterocycles. The molecule has 3 unspecified atom stereocenters. The van der Waals surface area contributed by atoms with Crippen LogP contribution in [0.5, 0.6) is 0 Å². The van der Waals surface area contributed by atoms with Crippen molar-refractivity contribution in [3.63, 3.8) is 0 Å². The summed E-state index contributed by atoms with van der Waals surface area (Å²) >= 11 is 5.97. The van der Waals surface area contributed by atoms with Crippen LogP contribution >= 0.6 is 24.0 Å². The van der Waals surface area contributed by atoms with Crippen LogP contribution in [0.1, 0.15) is 24.8 Å². The Morgan fingerprint density at radius 1 is 1.15 bits per heavy atom. The summed E-state index contributed by atoms with van der Waals surface area (Å²) < 4.78 is 0. The molecule has 0 bridgehead atoms. The number of halogens is 2. The second-order valence-electron chi connectivity index (χ2n) is 7.63. The summed E-state index contributed by atoms with van der Waals surface area (Å²) in [6.45, 7) is 3.62. The third kappa shape index (κ3) is 4.70. The van der Waals surface area contributed by atoms with Crippen LogP contribution in [0.25, 0.3) is 0 Å². The Hall–Kier alpha value is -0.850. The SMILES string of the molecule is Cl.O=C(C1NNC2CCNCC21)N(CCc1ccc(Cl)cc1)CC1CC1. The average Bonchev–Trinajstić information content (AvgIpc) is 3.35. The summed E-state index contributed by atoms with van der Waals surface area (Å²) in [4.78, 5) is 15.3. The molecule has 2 heterocycles. The van der Waals surface area contributed by atoms with Gasteiger partial charge in [-0.3, -0.25) is 10.2 Å². The molecule has 1 amide bonds. The van der Waals surface area contributed by atoms with Gasteiger partial charge in [-0.15, -0.1) is 12.4 Å². The molecular weight excluding hydrogens is 371 g/mol. The van der Waals surface area contributed by atoms with Crippen LogP contribution in [-0.2, 0) is 11.2 Å². The number of hydrogen-bond acceptors (Lipinski definition) is 4. The van der Waals surface area contributed by atoms with Crippen molar-refractivity contribution in [2.45, 2.75) is 37.8 Å². The molecule has 0 aromatic heterocycles. The van der Waals surface area contributed by atoms with E-state index in [4.69, 9.17) is 11.6 Å². The molecule has 5 nitrogen and oxygen atoms in total. The predicted octanol–water partition coefficient (Wildman–Crippen LogP) is 2.00. The van der Waals surface area contributed by atoms with Gasteiger partial charge in [-0.25, -0.2) is 5.43 Å². The van der Waals surface area contributed by atoms with E-state index in [1.54, 1.807) is 0 Å². The van der Waals surface area contributed by atoms with Crippen molar-refractivity contribution in [2.75, 3.05) is 26.2 Å².